The molecule has 0 aromatic heterocycles. The van der Waals surface area contributed by atoms with E-state index in [1.807, 2.05) is 0 Å². The number of carboxylic acids is 1. The minimum Gasteiger partial charge on any atom is -0.479 e. The Labute approximate surface area is 163 Å². The molecule has 28 heavy (non-hydrogen) atoms. The second-order valence-electron chi connectivity index (χ2n) is 5.44. The molecule has 0 saturated heterocycles. The maximum atomic E-state index is 13.0. The maximum Gasteiger partial charge on any atom is 0.416 e. The van der Waals surface area contributed by atoms with E-state index in [2.05, 4.69) is 0 Å². The van der Waals surface area contributed by atoms with Crippen LogP contribution in [0.25, 0.3) is 0 Å². The van der Waals surface area contributed by atoms with Crippen LogP contribution in [0.3, 0.4) is 0 Å². The Morgan fingerprint density at radius 2 is 1.75 bits per heavy atom. The van der Waals surface area contributed by atoms with Gasteiger partial charge in [-0.2, -0.15) is 13.2 Å². The molecule has 0 heterocycles. The minimum atomic E-state index is -4.67. The number of sulfone groups is 1. The lowest BCUT2D eigenvalue weighted by Crippen LogP contribution is -2.11. The van der Waals surface area contributed by atoms with Gasteiger partial charge in [0.2, 0.25) is 0 Å². The van der Waals surface area contributed by atoms with Gasteiger partial charge in [0, 0.05) is 0 Å². The molecule has 1 N–H and O–H groups in total. The van der Waals surface area contributed by atoms with E-state index < -0.39 is 39.9 Å². The fraction of sp³-hybridized carbons (Fsp3) is 0.235. The molecule has 0 amide bonds. The van der Waals surface area contributed by atoms with Crippen LogP contribution in [0, 0.1) is 0 Å². The summed E-state index contributed by atoms with van der Waals surface area (Å²) in [4.78, 5) is 10.6. The molecule has 0 bridgehead atoms. The molecule has 2 rings (SSSR count). The van der Waals surface area contributed by atoms with E-state index in [4.69, 9.17) is 26.2 Å². The van der Waals surface area contributed by atoms with E-state index in [1.165, 1.54) is 19.1 Å². The SMILES string of the molecule is CCS(=O)(=O)c1ccc(Oc2cc(C(F)(F)F)ccc2OCC(=O)O)c(Cl)c1. The smallest absolute Gasteiger partial charge is 0.416 e. The Hall–Kier alpha value is -2.46. The third-order valence-electron chi connectivity index (χ3n) is 3.48. The highest BCUT2D eigenvalue weighted by atomic mass is 35.5. The van der Waals surface area contributed by atoms with E-state index in [1.54, 1.807) is 0 Å². The maximum absolute atomic E-state index is 13.0. The lowest BCUT2D eigenvalue weighted by atomic mass is 10.2. The van der Waals surface area contributed by atoms with E-state index in [0.717, 1.165) is 12.1 Å². The van der Waals surface area contributed by atoms with Gasteiger partial charge in [0.25, 0.3) is 0 Å². The summed E-state index contributed by atoms with van der Waals surface area (Å²) in [5.74, 6) is -2.31. The summed E-state index contributed by atoms with van der Waals surface area (Å²) in [5.41, 5.74) is -1.05. The molecule has 0 atom stereocenters. The zero-order valence-electron chi connectivity index (χ0n) is 14.3. The zero-order chi connectivity index (χ0) is 21.1. The monoisotopic (exact) mass is 438 g/mol. The van der Waals surface area contributed by atoms with E-state index in [-0.39, 0.29) is 27.2 Å². The van der Waals surface area contributed by atoms with Gasteiger partial charge < -0.3 is 14.6 Å². The minimum absolute atomic E-state index is 0.0706. The van der Waals surface area contributed by atoms with Gasteiger partial charge in [-0.1, -0.05) is 18.5 Å². The molecule has 11 heteroatoms. The molecule has 152 valence electrons. The summed E-state index contributed by atoms with van der Waals surface area (Å²) < 4.78 is 73.0. The summed E-state index contributed by atoms with van der Waals surface area (Å²) in [7, 11) is -3.54. The first kappa shape index (κ1) is 21.8. The summed E-state index contributed by atoms with van der Waals surface area (Å²) >= 11 is 6.01. The van der Waals surface area contributed by atoms with Gasteiger partial charge in [0.1, 0.15) is 5.75 Å². The molecule has 2 aromatic rings. The second kappa shape index (κ2) is 8.27. The van der Waals surface area contributed by atoms with Crippen molar-refractivity contribution in [1.82, 2.24) is 0 Å². The van der Waals surface area contributed by atoms with Crippen molar-refractivity contribution in [3.63, 3.8) is 0 Å². The molecule has 0 unspecified atom stereocenters. The third kappa shape index (κ3) is 5.29. The summed E-state index contributed by atoms with van der Waals surface area (Å²) in [6.07, 6.45) is -4.67. The Morgan fingerprint density at radius 1 is 1.11 bits per heavy atom. The number of rotatable bonds is 7. The first-order valence-electron chi connectivity index (χ1n) is 7.70. The highest BCUT2D eigenvalue weighted by Gasteiger charge is 2.32. The number of halogens is 4. The average Bonchev–Trinajstić information content (AvgIpc) is 2.61. The van der Waals surface area contributed by atoms with Gasteiger partial charge in [-0.15, -0.1) is 0 Å². The Kier molecular flexibility index (Phi) is 6.45. The van der Waals surface area contributed by atoms with Crippen LogP contribution >= 0.6 is 11.6 Å². The van der Waals surface area contributed by atoms with Gasteiger partial charge in [-0.3, -0.25) is 0 Å². The number of alkyl halides is 3. The molecule has 6 nitrogen and oxygen atoms in total. The first-order valence-corrected chi connectivity index (χ1v) is 9.73. The highest BCUT2D eigenvalue weighted by Crippen LogP contribution is 2.40. The lowest BCUT2D eigenvalue weighted by molar-refractivity contribution is -0.140. The molecular weight excluding hydrogens is 425 g/mol. The summed E-state index contributed by atoms with van der Waals surface area (Å²) in [5, 5.41) is 8.53. The second-order valence-corrected chi connectivity index (χ2v) is 8.12. The summed E-state index contributed by atoms with van der Waals surface area (Å²) in [6, 6.07) is 5.76. The van der Waals surface area contributed by atoms with Crippen molar-refractivity contribution in [1.29, 1.82) is 0 Å². The van der Waals surface area contributed by atoms with Crippen LogP contribution in [0.1, 0.15) is 12.5 Å². The fourth-order valence-corrected chi connectivity index (χ4v) is 3.26. The number of hydrogen-bond acceptors (Lipinski definition) is 5. The summed E-state index contributed by atoms with van der Waals surface area (Å²) in [6.45, 7) is 0.644. The van der Waals surface area contributed by atoms with Crippen LogP contribution in [-0.2, 0) is 20.8 Å². The normalized spacial score (nSPS) is 11.9. The van der Waals surface area contributed by atoms with Crippen LogP contribution in [-0.4, -0.2) is 31.9 Å². The molecule has 0 spiro atoms. The van der Waals surface area contributed by atoms with Crippen LogP contribution < -0.4 is 9.47 Å². The van der Waals surface area contributed by atoms with Gasteiger partial charge in [0.15, 0.2) is 27.9 Å². The van der Waals surface area contributed by atoms with Crippen molar-refractivity contribution in [2.45, 2.75) is 18.0 Å². The Morgan fingerprint density at radius 3 is 2.29 bits per heavy atom. The van der Waals surface area contributed by atoms with E-state index >= 15 is 0 Å². The molecule has 2 aromatic carbocycles. The van der Waals surface area contributed by atoms with Gasteiger partial charge in [-0.25, -0.2) is 13.2 Å². The molecule has 0 radical (unpaired) electrons. The molecular formula is C17H14ClF3O6S. The third-order valence-corrected chi connectivity index (χ3v) is 5.51. The van der Waals surface area contributed by atoms with Crippen molar-refractivity contribution in [2.75, 3.05) is 12.4 Å². The number of carboxylic acid groups (broad SMARTS) is 1. The molecule has 0 fully saturated rings. The van der Waals surface area contributed by atoms with Gasteiger partial charge in [-0.05, 0) is 36.4 Å². The number of ether oxygens (including phenoxy) is 2. The molecule has 0 saturated carbocycles. The van der Waals surface area contributed by atoms with Crippen molar-refractivity contribution in [3.05, 3.63) is 47.0 Å². The molecule has 0 aliphatic heterocycles. The number of hydrogen-bond donors (Lipinski definition) is 1. The van der Waals surface area contributed by atoms with Crippen molar-refractivity contribution >= 4 is 27.4 Å². The van der Waals surface area contributed by atoms with E-state index in [9.17, 15) is 26.4 Å². The molecule has 0 aliphatic carbocycles. The van der Waals surface area contributed by atoms with Crippen LogP contribution in [0.2, 0.25) is 5.02 Å². The number of aliphatic carboxylic acids is 1. The van der Waals surface area contributed by atoms with Crippen molar-refractivity contribution < 1.29 is 41.0 Å². The van der Waals surface area contributed by atoms with Crippen molar-refractivity contribution in [3.8, 4) is 17.2 Å². The standard InChI is InChI=1S/C17H14ClF3O6S/c1-2-28(24,25)11-4-6-13(12(18)8-11)27-15-7-10(17(19,20)21)3-5-14(15)26-9-16(22)23/h3-8H,2,9H2,1H3,(H,22,23). The topological polar surface area (TPSA) is 89.9 Å². The lowest BCUT2D eigenvalue weighted by Gasteiger charge is -2.15. The predicted octanol–water partition coefficient (Wildman–Crippen LogP) is 4.41. The number of carbonyl (C=O) groups is 1. The van der Waals surface area contributed by atoms with Gasteiger partial charge in [0.05, 0.1) is 21.2 Å². The first-order chi connectivity index (χ1) is 12.9. The van der Waals surface area contributed by atoms with E-state index in [0.29, 0.717) is 12.1 Å². The largest absolute Gasteiger partial charge is 0.479 e. The average molecular weight is 439 g/mol. The fourth-order valence-electron chi connectivity index (χ4n) is 2.07. The Bertz CT molecular complexity index is 989. The van der Waals surface area contributed by atoms with Crippen molar-refractivity contribution in [2.24, 2.45) is 0 Å². The molecule has 0 aliphatic rings. The zero-order valence-corrected chi connectivity index (χ0v) is 15.9. The Balaban J connectivity index is 2.44. The van der Waals surface area contributed by atoms with Gasteiger partial charge >= 0.3 is 12.1 Å². The van der Waals surface area contributed by atoms with Crippen LogP contribution in [0.4, 0.5) is 13.2 Å². The predicted molar refractivity (Wildman–Crippen MR) is 93.8 cm³/mol. The quantitative estimate of drug-likeness (QED) is 0.688. The van der Waals surface area contributed by atoms with Crippen LogP contribution in [0.15, 0.2) is 41.3 Å². The highest BCUT2D eigenvalue weighted by molar-refractivity contribution is 7.91. The number of benzene rings is 2. The van der Waals surface area contributed by atoms with Crippen LogP contribution in [0.5, 0.6) is 17.2 Å².